The number of aromatic nitrogens is 2. The highest BCUT2D eigenvalue weighted by Gasteiger charge is 2.22. The number of nitrogens with one attached hydrogen (secondary N) is 1. The third-order valence-corrected chi connectivity index (χ3v) is 2.49. The van der Waals surface area contributed by atoms with E-state index in [9.17, 15) is 0 Å². The van der Waals surface area contributed by atoms with Crippen LogP contribution in [0.1, 0.15) is 36.7 Å². The van der Waals surface area contributed by atoms with Crippen LogP contribution < -0.4 is 11.3 Å². The molecule has 1 aromatic rings. The molecular formula is C9H14N4. The zero-order valence-electron chi connectivity index (χ0n) is 7.75. The SMILES string of the molecule is Cc1cc(NN)nc(C2CCC2)n1. The van der Waals surface area contributed by atoms with E-state index in [-0.39, 0.29) is 0 Å². The van der Waals surface area contributed by atoms with Gasteiger partial charge in [-0.15, -0.1) is 0 Å². The van der Waals surface area contributed by atoms with E-state index < -0.39 is 0 Å². The second-order valence-electron chi connectivity index (χ2n) is 3.52. The van der Waals surface area contributed by atoms with Gasteiger partial charge in [0.05, 0.1) is 0 Å². The van der Waals surface area contributed by atoms with Crippen molar-refractivity contribution in [2.75, 3.05) is 5.43 Å². The molecule has 70 valence electrons. The minimum Gasteiger partial charge on any atom is -0.308 e. The monoisotopic (exact) mass is 178 g/mol. The van der Waals surface area contributed by atoms with Crippen LogP contribution in [0, 0.1) is 6.92 Å². The van der Waals surface area contributed by atoms with Crippen molar-refractivity contribution in [1.29, 1.82) is 0 Å². The molecule has 0 radical (unpaired) electrons. The predicted molar refractivity (Wildman–Crippen MR) is 51.2 cm³/mol. The number of nitrogen functional groups attached to an aromatic ring is 1. The zero-order valence-corrected chi connectivity index (χ0v) is 7.75. The quantitative estimate of drug-likeness (QED) is 0.530. The van der Waals surface area contributed by atoms with Crippen molar-refractivity contribution >= 4 is 5.82 Å². The van der Waals surface area contributed by atoms with E-state index in [0.717, 1.165) is 17.3 Å². The van der Waals surface area contributed by atoms with Crippen LogP contribution in [0.15, 0.2) is 6.07 Å². The summed E-state index contributed by atoms with van der Waals surface area (Å²) in [6.45, 7) is 1.96. The normalized spacial score (nSPS) is 16.8. The zero-order chi connectivity index (χ0) is 9.26. The Kier molecular flexibility index (Phi) is 2.14. The fourth-order valence-electron chi connectivity index (χ4n) is 1.51. The summed E-state index contributed by atoms with van der Waals surface area (Å²) in [5.41, 5.74) is 3.54. The molecule has 1 aromatic heterocycles. The van der Waals surface area contributed by atoms with Gasteiger partial charge in [-0.1, -0.05) is 6.42 Å². The maximum atomic E-state index is 5.31. The second kappa shape index (κ2) is 3.30. The Bertz CT molecular complexity index is 306. The summed E-state index contributed by atoms with van der Waals surface area (Å²) in [6.07, 6.45) is 3.73. The molecule has 1 aliphatic carbocycles. The predicted octanol–water partition coefficient (Wildman–Crippen LogP) is 1.34. The van der Waals surface area contributed by atoms with Crippen LogP contribution in [0.3, 0.4) is 0 Å². The van der Waals surface area contributed by atoms with Gasteiger partial charge in [-0.05, 0) is 19.8 Å². The highest BCUT2D eigenvalue weighted by atomic mass is 15.3. The third kappa shape index (κ3) is 1.62. The summed E-state index contributed by atoms with van der Waals surface area (Å²) in [5.74, 6) is 7.53. The van der Waals surface area contributed by atoms with Gasteiger partial charge >= 0.3 is 0 Å². The fraction of sp³-hybridized carbons (Fsp3) is 0.556. The molecule has 4 heteroatoms. The summed E-state index contributed by atoms with van der Waals surface area (Å²) >= 11 is 0. The lowest BCUT2D eigenvalue weighted by Gasteiger charge is -2.24. The van der Waals surface area contributed by atoms with Crippen molar-refractivity contribution in [3.63, 3.8) is 0 Å². The van der Waals surface area contributed by atoms with Crippen molar-refractivity contribution < 1.29 is 0 Å². The molecule has 4 nitrogen and oxygen atoms in total. The lowest BCUT2D eigenvalue weighted by molar-refractivity contribution is 0.401. The smallest absolute Gasteiger partial charge is 0.143 e. The van der Waals surface area contributed by atoms with Gasteiger partial charge < -0.3 is 5.43 Å². The molecule has 0 spiro atoms. The average molecular weight is 178 g/mol. The first-order valence-corrected chi connectivity index (χ1v) is 4.62. The molecule has 3 N–H and O–H groups in total. The molecule has 0 aromatic carbocycles. The molecule has 13 heavy (non-hydrogen) atoms. The molecule has 0 amide bonds. The number of hydrogen-bond acceptors (Lipinski definition) is 4. The standard InChI is InChI=1S/C9H14N4/c1-6-5-8(13-10)12-9(11-6)7-3-2-4-7/h5,7H,2-4,10H2,1H3,(H,11,12,13). The molecule has 0 bridgehead atoms. The number of nitrogens with two attached hydrogens (primary N) is 1. The maximum absolute atomic E-state index is 5.31. The van der Waals surface area contributed by atoms with Crippen molar-refractivity contribution in [2.45, 2.75) is 32.1 Å². The highest BCUT2D eigenvalue weighted by Crippen LogP contribution is 2.34. The van der Waals surface area contributed by atoms with Crippen LogP contribution in [0.25, 0.3) is 0 Å². The number of nitrogens with zero attached hydrogens (tertiary/aromatic N) is 2. The number of rotatable bonds is 2. The Morgan fingerprint density at radius 3 is 2.77 bits per heavy atom. The number of anilines is 1. The van der Waals surface area contributed by atoms with Gasteiger partial charge in [0.25, 0.3) is 0 Å². The van der Waals surface area contributed by atoms with E-state index in [4.69, 9.17) is 5.84 Å². The van der Waals surface area contributed by atoms with Crippen LogP contribution in [-0.4, -0.2) is 9.97 Å². The van der Waals surface area contributed by atoms with Gasteiger partial charge in [-0.25, -0.2) is 15.8 Å². The first kappa shape index (κ1) is 8.44. The van der Waals surface area contributed by atoms with Crippen LogP contribution in [0.5, 0.6) is 0 Å². The molecule has 0 saturated heterocycles. The van der Waals surface area contributed by atoms with Crippen LogP contribution in [0.2, 0.25) is 0 Å². The Labute approximate surface area is 77.5 Å². The molecule has 0 atom stereocenters. The summed E-state index contributed by atoms with van der Waals surface area (Å²) < 4.78 is 0. The van der Waals surface area contributed by atoms with Crippen molar-refractivity contribution in [3.05, 3.63) is 17.6 Å². The first-order valence-electron chi connectivity index (χ1n) is 4.62. The third-order valence-electron chi connectivity index (χ3n) is 2.49. The minimum atomic E-state index is 0.562. The van der Waals surface area contributed by atoms with Crippen LogP contribution >= 0.6 is 0 Å². The fourth-order valence-corrected chi connectivity index (χ4v) is 1.51. The largest absolute Gasteiger partial charge is 0.308 e. The van der Waals surface area contributed by atoms with Gasteiger partial charge in [0.15, 0.2) is 0 Å². The van der Waals surface area contributed by atoms with Gasteiger partial charge in [0, 0.05) is 17.7 Å². The van der Waals surface area contributed by atoms with E-state index in [1.54, 1.807) is 0 Å². The van der Waals surface area contributed by atoms with Gasteiger partial charge in [-0.3, -0.25) is 0 Å². The van der Waals surface area contributed by atoms with Crippen molar-refractivity contribution in [1.82, 2.24) is 9.97 Å². The molecule has 1 fully saturated rings. The number of aryl methyl sites for hydroxylation is 1. The second-order valence-corrected chi connectivity index (χ2v) is 3.52. The van der Waals surface area contributed by atoms with E-state index in [2.05, 4.69) is 15.4 Å². The number of hydrazine groups is 1. The summed E-state index contributed by atoms with van der Waals surface area (Å²) in [5, 5.41) is 0. The summed E-state index contributed by atoms with van der Waals surface area (Å²) in [4.78, 5) is 8.72. The van der Waals surface area contributed by atoms with E-state index in [1.165, 1.54) is 19.3 Å². The molecule has 0 unspecified atom stereocenters. The Morgan fingerprint density at radius 2 is 2.23 bits per heavy atom. The van der Waals surface area contributed by atoms with E-state index in [1.807, 2.05) is 13.0 Å². The topological polar surface area (TPSA) is 63.8 Å². The van der Waals surface area contributed by atoms with Crippen molar-refractivity contribution in [2.24, 2.45) is 5.84 Å². The molecule has 0 aliphatic heterocycles. The summed E-state index contributed by atoms with van der Waals surface area (Å²) in [7, 11) is 0. The van der Waals surface area contributed by atoms with Gasteiger partial charge in [-0.2, -0.15) is 0 Å². The average Bonchev–Trinajstić information content (AvgIpc) is 2.00. The van der Waals surface area contributed by atoms with E-state index in [0.29, 0.717) is 5.92 Å². The lowest BCUT2D eigenvalue weighted by Crippen LogP contribution is -2.16. The lowest BCUT2D eigenvalue weighted by atomic mass is 9.85. The van der Waals surface area contributed by atoms with Crippen molar-refractivity contribution in [3.8, 4) is 0 Å². The van der Waals surface area contributed by atoms with E-state index >= 15 is 0 Å². The highest BCUT2D eigenvalue weighted by molar-refractivity contribution is 5.34. The van der Waals surface area contributed by atoms with Gasteiger partial charge in [0.1, 0.15) is 11.6 Å². The van der Waals surface area contributed by atoms with Gasteiger partial charge in [0.2, 0.25) is 0 Å². The number of hydrogen-bond donors (Lipinski definition) is 2. The molecule has 1 heterocycles. The molecule has 2 rings (SSSR count). The molecule has 1 aliphatic rings. The van der Waals surface area contributed by atoms with Crippen LogP contribution in [0.4, 0.5) is 5.82 Å². The summed E-state index contributed by atoms with van der Waals surface area (Å²) in [6, 6.07) is 1.85. The minimum absolute atomic E-state index is 0.562. The molecule has 1 saturated carbocycles. The molecular weight excluding hydrogens is 164 g/mol. The Balaban J connectivity index is 2.28. The first-order chi connectivity index (χ1) is 6.29. The Morgan fingerprint density at radius 1 is 1.46 bits per heavy atom. The maximum Gasteiger partial charge on any atom is 0.143 e. The van der Waals surface area contributed by atoms with Crippen LogP contribution in [-0.2, 0) is 0 Å². The Hall–Kier alpha value is -1.16.